The summed E-state index contributed by atoms with van der Waals surface area (Å²) in [6, 6.07) is 18.1. The lowest BCUT2D eigenvalue weighted by Gasteiger charge is -2.11. The highest BCUT2D eigenvalue weighted by Crippen LogP contribution is 2.33. The number of para-hydroxylation sites is 1. The zero-order valence-electron chi connectivity index (χ0n) is 14.8. The first-order chi connectivity index (χ1) is 12.7. The molecule has 4 nitrogen and oxygen atoms in total. The molecule has 2 aromatic carbocycles. The maximum absolute atomic E-state index is 12.5. The van der Waals surface area contributed by atoms with Gasteiger partial charge in [-0.1, -0.05) is 61.2 Å². The van der Waals surface area contributed by atoms with E-state index in [1.807, 2.05) is 50.2 Å². The molecule has 0 bridgehead atoms. The molecule has 3 rings (SSSR count). The van der Waals surface area contributed by atoms with Crippen LogP contribution in [0.2, 0.25) is 0 Å². The Labute approximate surface area is 161 Å². The summed E-state index contributed by atoms with van der Waals surface area (Å²) in [5.74, 6) is -0.0795. The minimum absolute atomic E-state index is 0.0795. The number of amides is 1. The largest absolute Gasteiger partial charge is 0.272 e. The van der Waals surface area contributed by atoms with Gasteiger partial charge in [0.2, 0.25) is 0 Å². The molecule has 0 fully saturated rings. The third-order valence-corrected chi connectivity index (χ3v) is 6.33. The molecule has 6 heteroatoms. The van der Waals surface area contributed by atoms with Gasteiger partial charge in [-0.2, -0.15) is 5.10 Å². The summed E-state index contributed by atoms with van der Waals surface area (Å²) in [4.78, 5) is 17.1. The molecule has 0 saturated carbocycles. The van der Waals surface area contributed by atoms with Crippen LogP contribution in [0.5, 0.6) is 0 Å². The van der Waals surface area contributed by atoms with E-state index in [2.05, 4.69) is 33.7 Å². The van der Waals surface area contributed by atoms with Gasteiger partial charge in [-0.05, 0) is 31.0 Å². The molecule has 0 saturated heterocycles. The highest BCUT2D eigenvalue weighted by molar-refractivity contribution is 8.02. The first kappa shape index (κ1) is 18.6. The van der Waals surface area contributed by atoms with Crippen molar-refractivity contribution in [1.82, 2.24) is 10.4 Å². The van der Waals surface area contributed by atoms with E-state index in [1.54, 1.807) is 11.3 Å². The van der Waals surface area contributed by atoms with Crippen molar-refractivity contribution in [3.63, 3.8) is 0 Å². The van der Waals surface area contributed by atoms with Gasteiger partial charge in [0.05, 0.1) is 15.5 Å². The Morgan fingerprint density at radius 3 is 2.65 bits per heavy atom. The Morgan fingerprint density at radius 1 is 1.19 bits per heavy atom. The SMILES string of the molecule is CC[C@H](Sc1nc2ccccc2s1)C(=O)NN=C(C)Cc1ccccc1. The summed E-state index contributed by atoms with van der Waals surface area (Å²) in [6.07, 6.45) is 1.45. The minimum atomic E-state index is -0.205. The third kappa shape index (κ3) is 4.93. The highest BCUT2D eigenvalue weighted by atomic mass is 32.2. The molecule has 3 aromatic rings. The Bertz CT molecular complexity index is 873. The fourth-order valence-corrected chi connectivity index (χ4v) is 4.73. The Hall–Kier alpha value is -2.18. The summed E-state index contributed by atoms with van der Waals surface area (Å²) in [7, 11) is 0. The number of rotatable bonds is 7. The predicted molar refractivity (Wildman–Crippen MR) is 111 cm³/mol. The van der Waals surface area contributed by atoms with Crippen LogP contribution in [0.4, 0.5) is 0 Å². The molecule has 0 spiro atoms. The lowest BCUT2D eigenvalue weighted by molar-refractivity contribution is -0.120. The molecule has 0 aliphatic carbocycles. The number of hydrogen-bond donors (Lipinski definition) is 1. The van der Waals surface area contributed by atoms with Crippen molar-refractivity contribution in [2.45, 2.75) is 36.3 Å². The van der Waals surface area contributed by atoms with E-state index in [4.69, 9.17) is 0 Å². The van der Waals surface area contributed by atoms with Gasteiger partial charge in [-0.15, -0.1) is 11.3 Å². The van der Waals surface area contributed by atoms with Crippen LogP contribution in [0.15, 0.2) is 64.0 Å². The molecule has 134 valence electrons. The molecule has 1 atom stereocenters. The normalized spacial score (nSPS) is 12.9. The van der Waals surface area contributed by atoms with Gasteiger partial charge >= 0.3 is 0 Å². The molecule has 1 aromatic heterocycles. The van der Waals surface area contributed by atoms with Crippen LogP contribution in [0.3, 0.4) is 0 Å². The van der Waals surface area contributed by atoms with Crippen molar-refractivity contribution in [1.29, 1.82) is 0 Å². The lowest BCUT2D eigenvalue weighted by Crippen LogP contribution is -2.29. The van der Waals surface area contributed by atoms with Crippen LogP contribution in [0, 0.1) is 0 Å². The summed E-state index contributed by atoms with van der Waals surface area (Å²) >= 11 is 3.12. The Balaban J connectivity index is 1.60. The number of benzene rings is 2. The van der Waals surface area contributed by atoms with E-state index in [0.29, 0.717) is 0 Å². The van der Waals surface area contributed by atoms with Crippen LogP contribution >= 0.6 is 23.1 Å². The quantitative estimate of drug-likeness (QED) is 0.359. The predicted octanol–water partition coefficient (Wildman–Crippen LogP) is 4.90. The van der Waals surface area contributed by atoms with Crippen molar-refractivity contribution in [3.8, 4) is 0 Å². The van der Waals surface area contributed by atoms with Crippen molar-refractivity contribution >= 4 is 44.9 Å². The molecule has 1 amide bonds. The van der Waals surface area contributed by atoms with E-state index in [1.165, 1.54) is 17.3 Å². The van der Waals surface area contributed by atoms with E-state index in [0.717, 1.165) is 33.1 Å². The zero-order valence-corrected chi connectivity index (χ0v) is 16.4. The fourth-order valence-electron chi connectivity index (χ4n) is 2.50. The van der Waals surface area contributed by atoms with Gasteiger partial charge in [-0.25, -0.2) is 10.4 Å². The second kappa shape index (κ2) is 8.96. The van der Waals surface area contributed by atoms with Crippen molar-refractivity contribution in [2.24, 2.45) is 5.10 Å². The average Bonchev–Trinajstić information content (AvgIpc) is 3.07. The fraction of sp³-hybridized carbons (Fsp3) is 0.250. The molecule has 1 heterocycles. The zero-order chi connectivity index (χ0) is 18.4. The second-order valence-electron chi connectivity index (χ2n) is 5.95. The minimum Gasteiger partial charge on any atom is -0.272 e. The van der Waals surface area contributed by atoms with E-state index in [-0.39, 0.29) is 11.2 Å². The molecule has 0 aliphatic rings. The number of carbonyl (C=O) groups is 1. The number of aromatic nitrogens is 1. The first-order valence-electron chi connectivity index (χ1n) is 8.55. The summed E-state index contributed by atoms with van der Waals surface area (Å²) in [6.45, 7) is 3.93. The van der Waals surface area contributed by atoms with Crippen molar-refractivity contribution < 1.29 is 4.79 Å². The van der Waals surface area contributed by atoms with E-state index < -0.39 is 0 Å². The number of fused-ring (bicyclic) bond motifs is 1. The number of carbonyl (C=O) groups excluding carboxylic acids is 1. The molecular formula is C20H21N3OS2. The van der Waals surface area contributed by atoms with Gasteiger partial charge in [0.1, 0.15) is 0 Å². The van der Waals surface area contributed by atoms with E-state index in [9.17, 15) is 4.79 Å². The molecule has 0 aliphatic heterocycles. The van der Waals surface area contributed by atoms with Crippen LogP contribution in [0.25, 0.3) is 10.2 Å². The molecule has 0 unspecified atom stereocenters. The van der Waals surface area contributed by atoms with Crippen LogP contribution in [-0.2, 0) is 11.2 Å². The number of thioether (sulfide) groups is 1. The number of nitrogens with zero attached hydrogens (tertiary/aromatic N) is 2. The van der Waals surface area contributed by atoms with Crippen LogP contribution in [0.1, 0.15) is 25.8 Å². The molecule has 1 N–H and O–H groups in total. The summed E-state index contributed by atoms with van der Waals surface area (Å²) < 4.78 is 2.06. The number of thiazole rings is 1. The molecule has 26 heavy (non-hydrogen) atoms. The van der Waals surface area contributed by atoms with Gasteiger partial charge in [0, 0.05) is 12.1 Å². The van der Waals surface area contributed by atoms with E-state index >= 15 is 0 Å². The lowest BCUT2D eigenvalue weighted by atomic mass is 10.1. The van der Waals surface area contributed by atoms with Gasteiger partial charge < -0.3 is 0 Å². The highest BCUT2D eigenvalue weighted by Gasteiger charge is 2.19. The first-order valence-corrected chi connectivity index (χ1v) is 10.2. The van der Waals surface area contributed by atoms with Crippen molar-refractivity contribution in [3.05, 3.63) is 60.2 Å². The maximum atomic E-state index is 12.5. The van der Waals surface area contributed by atoms with Crippen molar-refractivity contribution in [2.75, 3.05) is 0 Å². The average molecular weight is 384 g/mol. The van der Waals surface area contributed by atoms with Gasteiger partial charge in [-0.3, -0.25) is 4.79 Å². The van der Waals surface area contributed by atoms with Crippen LogP contribution in [-0.4, -0.2) is 21.9 Å². The standard InChI is InChI=1S/C20H21N3OS2/c1-3-17(25-20-21-16-11-7-8-12-18(16)26-20)19(24)23-22-14(2)13-15-9-5-4-6-10-15/h4-12,17H,3,13H2,1-2H3,(H,23,24)/t17-/m0/s1. The monoisotopic (exact) mass is 383 g/mol. The summed E-state index contributed by atoms with van der Waals surface area (Å²) in [5, 5.41) is 4.05. The number of nitrogens with one attached hydrogen (secondary N) is 1. The summed E-state index contributed by atoms with van der Waals surface area (Å²) in [5.41, 5.74) is 5.75. The topological polar surface area (TPSA) is 54.4 Å². The molecular weight excluding hydrogens is 362 g/mol. The maximum Gasteiger partial charge on any atom is 0.253 e. The smallest absolute Gasteiger partial charge is 0.253 e. The van der Waals surface area contributed by atoms with Crippen LogP contribution < -0.4 is 5.43 Å². The van der Waals surface area contributed by atoms with Gasteiger partial charge in [0.15, 0.2) is 4.34 Å². The molecule has 0 radical (unpaired) electrons. The Morgan fingerprint density at radius 2 is 1.92 bits per heavy atom. The Kier molecular flexibility index (Phi) is 6.41. The van der Waals surface area contributed by atoms with Gasteiger partial charge in [0.25, 0.3) is 5.91 Å². The number of hydrogen-bond acceptors (Lipinski definition) is 5. The number of hydrazone groups is 1. The second-order valence-corrected chi connectivity index (χ2v) is 8.43. The third-order valence-electron chi connectivity index (χ3n) is 3.84.